The van der Waals surface area contributed by atoms with Gasteiger partial charge >= 0.3 is 0 Å². The number of anilines is 1. The second-order valence-electron chi connectivity index (χ2n) is 4.57. The Morgan fingerprint density at radius 1 is 1.30 bits per heavy atom. The maximum Gasteiger partial charge on any atom is 0.264 e. The van der Waals surface area contributed by atoms with Gasteiger partial charge in [-0.1, -0.05) is 29.8 Å². The summed E-state index contributed by atoms with van der Waals surface area (Å²) in [6.45, 7) is 3.56. The normalized spacial score (nSPS) is 11.1. The van der Waals surface area contributed by atoms with Gasteiger partial charge in [0.15, 0.2) is 11.6 Å². The molecule has 0 aromatic heterocycles. The lowest BCUT2D eigenvalue weighted by Crippen LogP contribution is -2.31. The average molecular weight is 356 g/mol. The highest BCUT2D eigenvalue weighted by molar-refractivity contribution is 7.92. The summed E-state index contributed by atoms with van der Waals surface area (Å²) < 4.78 is 45.4. The molecule has 0 heterocycles. The largest absolute Gasteiger partial charge is 0.494 e. The highest BCUT2D eigenvalue weighted by atomic mass is 35.5. The zero-order valence-electron chi connectivity index (χ0n) is 12.4. The molecule has 122 valence electrons. The summed E-state index contributed by atoms with van der Waals surface area (Å²) in [4.78, 5) is -0.197. The molecule has 0 fully saturated rings. The van der Waals surface area contributed by atoms with Crippen LogP contribution in [0.25, 0.3) is 0 Å². The van der Waals surface area contributed by atoms with Gasteiger partial charge in [0.2, 0.25) is 0 Å². The van der Waals surface area contributed by atoms with Crippen molar-refractivity contribution in [3.63, 3.8) is 0 Å². The summed E-state index contributed by atoms with van der Waals surface area (Å²) in [6.07, 6.45) is 1.43. The van der Waals surface area contributed by atoms with Crippen molar-refractivity contribution in [2.75, 3.05) is 18.0 Å². The van der Waals surface area contributed by atoms with E-state index in [2.05, 4.69) is 6.58 Å². The number of hydrogen-bond acceptors (Lipinski definition) is 3. The summed E-state index contributed by atoms with van der Waals surface area (Å²) in [5.74, 6) is -0.789. The molecule has 4 nitrogen and oxygen atoms in total. The SMILES string of the molecule is C=CCN(c1ccccc1Cl)S(=O)(=O)c1ccc(OC)c(F)c1. The Balaban J connectivity index is 2.56. The van der Waals surface area contributed by atoms with Crippen LogP contribution in [0.3, 0.4) is 0 Å². The van der Waals surface area contributed by atoms with Crippen LogP contribution in [0.1, 0.15) is 0 Å². The van der Waals surface area contributed by atoms with Crippen LogP contribution in [0.4, 0.5) is 10.1 Å². The van der Waals surface area contributed by atoms with Gasteiger partial charge in [-0.05, 0) is 30.3 Å². The fourth-order valence-corrected chi connectivity index (χ4v) is 3.79. The first-order valence-corrected chi connectivity index (χ1v) is 8.45. The number of ether oxygens (including phenoxy) is 1. The molecule has 0 amide bonds. The zero-order valence-corrected chi connectivity index (χ0v) is 13.9. The van der Waals surface area contributed by atoms with Crippen molar-refractivity contribution in [1.82, 2.24) is 0 Å². The van der Waals surface area contributed by atoms with E-state index in [1.807, 2.05) is 0 Å². The van der Waals surface area contributed by atoms with Crippen LogP contribution in [0.15, 0.2) is 60.0 Å². The van der Waals surface area contributed by atoms with Crippen LogP contribution in [0, 0.1) is 5.82 Å². The summed E-state index contributed by atoms with van der Waals surface area (Å²) >= 11 is 6.09. The summed E-state index contributed by atoms with van der Waals surface area (Å²) in [7, 11) is -2.70. The molecule has 0 aliphatic heterocycles. The molecule has 7 heteroatoms. The molecular formula is C16H15ClFNO3S. The maximum absolute atomic E-state index is 13.9. The Bertz CT molecular complexity index is 824. The number of rotatable bonds is 6. The molecule has 0 saturated carbocycles. The molecule has 2 rings (SSSR count). The number of nitrogens with zero attached hydrogens (tertiary/aromatic N) is 1. The second kappa shape index (κ2) is 7.02. The lowest BCUT2D eigenvalue weighted by atomic mass is 10.3. The minimum Gasteiger partial charge on any atom is -0.494 e. The van der Waals surface area contributed by atoms with E-state index in [1.165, 1.54) is 25.3 Å². The van der Waals surface area contributed by atoms with Crippen molar-refractivity contribution >= 4 is 27.3 Å². The molecule has 2 aromatic carbocycles. The van der Waals surface area contributed by atoms with E-state index in [4.69, 9.17) is 16.3 Å². The fourth-order valence-electron chi connectivity index (χ4n) is 2.03. The minimum absolute atomic E-state index is 0.000283. The average Bonchev–Trinajstić information content (AvgIpc) is 2.53. The fraction of sp³-hybridized carbons (Fsp3) is 0.125. The van der Waals surface area contributed by atoms with E-state index in [9.17, 15) is 12.8 Å². The van der Waals surface area contributed by atoms with Gasteiger partial charge in [0.1, 0.15) is 0 Å². The number of methoxy groups -OCH3 is 1. The Labute approximate surface area is 139 Å². The van der Waals surface area contributed by atoms with Crippen molar-refractivity contribution in [3.8, 4) is 5.75 Å². The zero-order chi connectivity index (χ0) is 17.0. The lowest BCUT2D eigenvalue weighted by molar-refractivity contribution is 0.385. The summed E-state index contributed by atoms with van der Waals surface area (Å²) in [5.41, 5.74) is 0.297. The molecule has 0 aliphatic carbocycles. The van der Waals surface area contributed by atoms with Gasteiger partial charge < -0.3 is 4.74 Å². The van der Waals surface area contributed by atoms with Crippen LogP contribution in [0.2, 0.25) is 5.02 Å². The second-order valence-corrected chi connectivity index (χ2v) is 6.84. The van der Waals surface area contributed by atoms with Crippen molar-refractivity contribution in [1.29, 1.82) is 0 Å². The van der Waals surface area contributed by atoms with E-state index in [-0.39, 0.29) is 22.2 Å². The van der Waals surface area contributed by atoms with Crippen molar-refractivity contribution in [2.24, 2.45) is 0 Å². The van der Waals surface area contributed by atoms with Gasteiger partial charge in [-0.15, -0.1) is 6.58 Å². The number of hydrogen-bond donors (Lipinski definition) is 0. The van der Waals surface area contributed by atoms with E-state index < -0.39 is 15.8 Å². The van der Waals surface area contributed by atoms with Crippen LogP contribution in [0.5, 0.6) is 5.75 Å². The maximum atomic E-state index is 13.9. The van der Waals surface area contributed by atoms with Crippen molar-refractivity contribution in [2.45, 2.75) is 4.90 Å². The van der Waals surface area contributed by atoms with E-state index >= 15 is 0 Å². The number of sulfonamides is 1. The molecule has 0 bridgehead atoms. The van der Waals surface area contributed by atoms with E-state index in [0.29, 0.717) is 5.69 Å². The standard InChI is InChI=1S/C16H15ClFNO3S/c1-3-10-19(15-7-5-4-6-13(15)17)23(20,21)12-8-9-16(22-2)14(18)11-12/h3-9,11H,1,10H2,2H3. The molecule has 0 N–H and O–H groups in total. The van der Waals surface area contributed by atoms with E-state index in [0.717, 1.165) is 10.4 Å². The molecule has 2 aromatic rings. The quantitative estimate of drug-likeness (QED) is 0.739. The summed E-state index contributed by atoms with van der Waals surface area (Å²) in [6, 6.07) is 9.98. The smallest absolute Gasteiger partial charge is 0.264 e. The number of benzene rings is 2. The van der Waals surface area contributed by atoms with Gasteiger partial charge in [-0.3, -0.25) is 4.31 Å². The van der Waals surface area contributed by atoms with Crippen molar-refractivity contribution in [3.05, 3.63) is 66.0 Å². The van der Waals surface area contributed by atoms with Gasteiger partial charge in [0.05, 0.1) is 29.3 Å². The third kappa shape index (κ3) is 3.48. The van der Waals surface area contributed by atoms with Gasteiger partial charge in [0.25, 0.3) is 10.0 Å². The number of para-hydroxylation sites is 1. The first kappa shape index (κ1) is 17.3. The van der Waals surface area contributed by atoms with Crippen LogP contribution in [-0.2, 0) is 10.0 Å². The predicted molar refractivity (Wildman–Crippen MR) is 89.1 cm³/mol. The van der Waals surface area contributed by atoms with Gasteiger partial charge in [-0.2, -0.15) is 0 Å². The minimum atomic E-state index is -4.00. The molecule has 0 spiro atoms. The van der Waals surface area contributed by atoms with Gasteiger partial charge in [0, 0.05) is 0 Å². The lowest BCUT2D eigenvalue weighted by Gasteiger charge is -2.24. The molecular weight excluding hydrogens is 341 g/mol. The van der Waals surface area contributed by atoms with Crippen LogP contribution >= 0.6 is 11.6 Å². The highest BCUT2D eigenvalue weighted by Gasteiger charge is 2.26. The van der Waals surface area contributed by atoms with Crippen molar-refractivity contribution < 1.29 is 17.5 Å². The number of halogens is 2. The van der Waals surface area contributed by atoms with Crippen LogP contribution < -0.4 is 9.04 Å². The molecule has 23 heavy (non-hydrogen) atoms. The Hall–Kier alpha value is -2.05. The third-order valence-electron chi connectivity index (χ3n) is 3.13. The first-order valence-electron chi connectivity index (χ1n) is 6.63. The van der Waals surface area contributed by atoms with E-state index in [1.54, 1.807) is 24.3 Å². The van der Waals surface area contributed by atoms with Crippen LogP contribution in [-0.4, -0.2) is 22.1 Å². The predicted octanol–water partition coefficient (Wildman–Crippen LogP) is 3.87. The molecule has 0 aliphatic rings. The Morgan fingerprint density at radius 3 is 2.57 bits per heavy atom. The molecule has 0 saturated heterocycles. The molecule has 0 radical (unpaired) electrons. The topological polar surface area (TPSA) is 46.6 Å². The molecule has 0 atom stereocenters. The molecule has 0 unspecified atom stereocenters. The summed E-state index contributed by atoms with van der Waals surface area (Å²) in [5, 5.41) is 0.270. The third-order valence-corrected chi connectivity index (χ3v) is 5.22. The first-order chi connectivity index (χ1) is 10.9. The highest BCUT2D eigenvalue weighted by Crippen LogP contribution is 2.31. The monoisotopic (exact) mass is 355 g/mol. The van der Waals surface area contributed by atoms with Gasteiger partial charge in [-0.25, -0.2) is 12.8 Å². The Morgan fingerprint density at radius 2 is 2.00 bits per heavy atom. The Kier molecular flexibility index (Phi) is 5.28.